The second-order valence-corrected chi connectivity index (χ2v) is 5.98. The lowest BCUT2D eigenvalue weighted by atomic mass is 9.98. The van der Waals surface area contributed by atoms with Crippen molar-refractivity contribution < 1.29 is 22.8 Å². The Labute approximate surface area is 155 Å². The van der Waals surface area contributed by atoms with Crippen molar-refractivity contribution in [3.05, 3.63) is 71.3 Å². The maximum absolute atomic E-state index is 12.1. The van der Waals surface area contributed by atoms with Crippen LogP contribution in [0.15, 0.2) is 54.6 Å². The minimum Gasteiger partial charge on any atom is -0.329 e. The summed E-state index contributed by atoms with van der Waals surface area (Å²) in [6.45, 7) is 0.212. The van der Waals surface area contributed by atoms with Crippen LogP contribution in [0.1, 0.15) is 22.7 Å². The average Bonchev–Trinajstić information content (AvgIpc) is 2.62. The molecule has 2 rings (SSSR count). The number of nitrogens with one attached hydrogen (secondary N) is 3. The van der Waals surface area contributed by atoms with Gasteiger partial charge in [0.15, 0.2) is 0 Å². The van der Waals surface area contributed by atoms with Crippen molar-refractivity contribution in [3.8, 4) is 0 Å². The highest BCUT2D eigenvalue weighted by Gasteiger charge is 2.28. The van der Waals surface area contributed by atoms with Crippen LogP contribution in [0.25, 0.3) is 0 Å². The Hall–Kier alpha value is -2.87. The molecule has 2 aromatic rings. The highest BCUT2D eigenvalue weighted by molar-refractivity contribution is 5.95. The van der Waals surface area contributed by atoms with E-state index < -0.39 is 24.7 Å². The quantitative estimate of drug-likeness (QED) is 0.723. The Kier molecular flexibility index (Phi) is 6.95. The fraction of sp³-hybridized carbons (Fsp3) is 0.263. The Morgan fingerprint density at radius 3 is 2.15 bits per heavy atom. The highest BCUT2D eigenvalue weighted by atomic mass is 19.4. The summed E-state index contributed by atoms with van der Waals surface area (Å²) in [6, 6.07) is 15.6. The molecule has 0 saturated heterocycles. The number of hydrogen-bond donors (Lipinski definition) is 3. The summed E-state index contributed by atoms with van der Waals surface area (Å²) in [5.41, 5.74) is 2.92. The van der Waals surface area contributed by atoms with Gasteiger partial charge in [-0.3, -0.25) is 15.4 Å². The van der Waals surface area contributed by atoms with Crippen molar-refractivity contribution in [1.82, 2.24) is 16.0 Å². The van der Waals surface area contributed by atoms with Gasteiger partial charge in [-0.05, 0) is 18.1 Å². The van der Waals surface area contributed by atoms with E-state index in [1.165, 1.54) is 0 Å². The van der Waals surface area contributed by atoms with Crippen molar-refractivity contribution in [3.63, 3.8) is 0 Å². The molecule has 0 aliphatic rings. The summed E-state index contributed by atoms with van der Waals surface area (Å²) < 4.78 is 36.2. The normalized spacial score (nSPS) is 12.3. The van der Waals surface area contributed by atoms with Gasteiger partial charge in [-0.25, -0.2) is 4.79 Å². The third-order valence-electron chi connectivity index (χ3n) is 3.71. The van der Waals surface area contributed by atoms with Gasteiger partial charge >= 0.3 is 12.2 Å². The molecule has 0 unspecified atom stereocenters. The van der Waals surface area contributed by atoms with E-state index in [-0.39, 0.29) is 12.6 Å². The number of aryl methyl sites for hydroxylation is 1. The number of imide groups is 1. The lowest BCUT2D eigenvalue weighted by Gasteiger charge is -2.20. The first kappa shape index (κ1) is 20.4. The number of alkyl halides is 3. The molecular formula is C19H20F3N3O2. The molecule has 0 saturated carbocycles. The Morgan fingerprint density at radius 1 is 0.963 bits per heavy atom. The second-order valence-electron chi connectivity index (χ2n) is 5.98. The zero-order valence-corrected chi connectivity index (χ0v) is 14.6. The van der Waals surface area contributed by atoms with Gasteiger partial charge in [-0.15, -0.1) is 0 Å². The number of urea groups is 1. The van der Waals surface area contributed by atoms with E-state index in [2.05, 4.69) is 5.32 Å². The molecule has 0 aliphatic carbocycles. The highest BCUT2D eigenvalue weighted by Crippen LogP contribution is 2.22. The number of rotatable bonds is 6. The fourth-order valence-corrected chi connectivity index (χ4v) is 2.42. The summed E-state index contributed by atoms with van der Waals surface area (Å²) in [6.07, 6.45) is -4.54. The topological polar surface area (TPSA) is 70.2 Å². The van der Waals surface area contributed by atoms with E-state index in [1.807, 2.05) is 66.8 Å². The summed E-state index contributed by atoms with van der Waals surface area (Å²) in [5, 5.41) is 6.49. The molecule has 8 heteroatoms. The summed E-state index contributed by atoms with van der Waals surface area (Å²) in [4.78, 5) is 23.2. The van der Waals surface area contributed by atoms with Gasteiger partial charge in [0.05, 0.1) is 12.6 Å². The van der Waals surface area contributed by atoms with E-state index in [4.69, 9.17) is 0 Å². The van der Waals surface area contributed by atoms with Crippen LogP contribution in [0.2, 0.25) is 0 Å². The Morgan fingerprint density at radius 2 is 1.56 bits per heavy atom. The van der Waals surface area contributed by atoms with E-state index in [1.54, 1.807) is 5.32 Å². The zero-order chi connectivity index (χ0) is 19.9. The van der Waals surface area contributed by atoms with Gasteiger partial charge in [0.25, 0.3) is 0 Å². The summed E-state index contributed by atoms with van der Waals surface area (Å²) >= 11 is 0. The smallest absolute Gasteiger partial charge is 0.329 e. The molecule has 0 aromatic heterocycles. The van der Waals surface area contributed by atoms with Crippen molar-refractivity contribution in [1.29, 1.82) is 0 Å². The molecule has 0 fully saturated rings. The number of halogens is 3. The van der Waals surface area contributed by atoms with Crippen LogP contribution in [-0.2, 0) is 4.79 Å². The molecule has 27 heavy (non-hydrogen) atoms. The van der Waals surface area contributed by atoms with Crippen molar-refractivity contribution in [2.75, 3.05) is 13.1 Å². The maximum Gasteiger partial charge on any atom is 0.405 e. The number of carbonyl (C=O) groups is 2. The Balaban J connectivity index is 1.98. The minimum absolute atomic E-state index is 0.243. The number of benzene rings is 2. The van der Waals surface area contributed by atoms with Crippen molar-refractivity contribution in [2.45, 2.75) is 19.1 Å². The minimum atomic E-state index is -4.54. The molecule has 0 aliphatic heterocycles. The van der Waals surface area contributed by atoms with Crippen molar-refractivity contribution in [2.24, 2.45) is 0 Å². The molecule has 3 N–H and O–H groups in total. The molecular weight excluding hydrogens is 359 g/mol. The first-order valence-corrected chi connectivity index (χ1v) is 8.24. The number of hydrogen-bond acceptors (Lipinski definition) is 3. The van der Waals surface area contributed by atoms with Gasteiger partial charge in [0.2, 0.25) is 5.91 Å². The molecule has 144 valence electrons. The SMILES string of the molecule is Cc1ccc([C@H](NCC(=O)NC(=O)NCC(F)(F)F)c2ccccc2)cc1. The van der Waals surface area contributed by atoms with Crippen LogP contribution in [0.4, 0.5) is 18.0 Å². The van der Waals surface area contributed by atoms with Gasteiger partial charge in [-0.2, -0.15) is 13.2 Å². The van der Waals surface area contributed by atoms with Crippen LogP contribution in [0, 0.1) is 6.92 Å². The fourth-order valence-electron chi connectivity index (χ4n) is 2.42. The van der Waals surface area contributed by atoms with Crippen LogP contribution < -0.4 is 16.0 Å². The summed E-state index contributed by atoms with van der Waals surface area (Å²) in [5.74, 6) is -0.734. The van der Waals surface area contributed by atoms with Crippen LogP contribution in [0.5, 0.6) is 0 Å². The summed E-state index contributed by atoms with van der Waals surface area (Å²) in [7, 11) is 0. The van der Waals surface area contributed by atoms with Gasteiger partial charge < -0.3 is 5.32 Å². The molecule has 2 aromatic carbocycles. The van der Waals surface area contributed by atoms with Gasteiger partial charge in [0, 0.05) is 0 Å². The number of carbonyl (C=O) groups excluding carboxylic acids is 2. The standard InChI is InChI=1S/C19H20F3N3O2/c1-13-7-9-15(10-8-13)17(14-5-3-2-4-6-14)23-11-16(26)25-18(27)24-12-19(20,21)22/h2-10,17,23H,11-12H2,1H3,(H2,24,25,26,27)/t17-/m1/s1. The molecule has 0 heterocycles. The maximum atomic E-state index is 12.1. The third kappa shape index (κ3) is 7.10. The largest absolute Gasteiger partial charge is 0.405 e. The third-order valence-corrected chi connectivity index (χ3v) is 3.71. The van der Waals surface area contributed by atoms with E-state index in [0.717, 1.165) is 16.7 Å². The van der Waals surface area contributed by atoms with E-state index in [9.17, 15) is 22.8 Å². The monoisotopic (exact) mass is 379 g/mol. The van der Waals surface area contributed by atoms with E-state index in [0.29, 0.717) is 0 Å². The molecule has 1 atom stereocenters. The lowest BCUT2D eigenvalue weighted by Crippen LogP contribution is -2.46. The molecule has 0 bridgehead atoms. The van der Waals surface area contributed by atoms with E-state index >= 15 is 0 Å². The Bertz CT molecular complexity index is 762. The second kappa shape index (κ2) is 9.18. The lowest BCUT2D eigenvalue weighted by molar-refractivity contribution is -0.124. The first-order valence-electron chi connectivity index (χ1n) is 8.24. The van der Waals surface area contributed by atoms with Crippen molar-refractivity contribution >= 4 is 11.9 Å². The van der Waals surface area contributed by atoms with Crippen LogP contribution in [-0.4, -0.2) is 31.2 Å². The predicted molar refractivity (Wildman–Crippen MR) is 95.1 cm³/mol. The average molecular weight is 379 g/mol. The molecule has 0 radical (unpaired) electrons. The zero-order valence-electron chi connectivity index (χ0n) is 14.6. The predicted octanol–water partition coefficient (Wildman–Crippen LogP) is 3.06. The van der Waals surface area contributed by atoms with Crippen LogP contribution >= 0.6 is 0 Å². The first-order chi connectivity index (χ1) is 12.7. The van der Waals surface area contributed by atoms with Crippen LogP contribution in [0.3, 0.4) is 0 Å². The molecule has 5 nitrogen and oxygen atoms in total. The van der Waals surface area contributed by atoms with Gasteiger partial charge in [0.1, 0.15) is 6.54 Å². The molecule has 3 amide bonds. The van der Waals surface area contributed by atoms with Gasteiger partial charge in [-0.1, -0.05) is 60.2 Å². The number of amides is 3. The molecule has 0 spiro atoms.